The molecule has 2 aromatic rings. The summed E-state index contributed by atoms with van der Waals surface area (Å²) in [5.41, 5.74) is 2.36. The van der Waals surface area contributed by atoms with E-state index < -0.39 is 11.0 Å². The van der Waals surface area contributed by atoms with Gasteiger partial charge in [-0.2, -0.15) is 0 Å². The molecule has 0 N–H and O–H groups in total. The molecule has 1 heterocycles. The number of aryl methyl sites for hydroxylation is 1. The molecule has 0 unspecified atom stereocenters. The fourth-order valence-electron chi connectivity index (χ4n) is 2.82. The number of carbonyl (C=O) groups excluding carboxylic acids is 2. The summed E-state index contributed by atoms with van der Waals surface area (Å²) in [6, 6.07) is 12.3. The number of amides is 3. The van der Waals surface area contributed by atoms with Crippen LogP contribution in [0.5, 0.6) is 0 Å². The molecule has 1 aliphatic heterocycles. The third-order valence-corrected chi connectivity index (χ3v) is 4.25. The molecule has 128 valence electrons. The second kappa shape index (κ2) is 6.35. The maximum absolute atomic E-state index is 12.7. The van der Waals surface area contributed by atoms with Crippen LogP contribution in [0.2, 0.25) is 0 Å². The SMILES string of the molecule is Cc1ccc(N2C(=O)N(Cc3ccc([N+](=O)[O-])cc3)C(=O)[C@H]2C)cc1. The second-order valence-electron chi connectivity index (χ2n) is 6.01. The number of rotatable bonds is 4. The number of nitro benzene ring substituents is 1. The summed E-state index contributed by atoms with van der Waals surface area (Å²) in [6.45, 7) is 3.73. The van der Waals surface area contributed by atoms with Crippen molar-refractivity contribution in [3.8, 4) is 0 Å². The van der Waals surface area contributed by atoms with Gasteiger partial charge < -0.3 is 0 Å². The summed E-state index contributed by atoms with van der Waals surface area (Å²) < 4.78 is 0. The van der Waals surface area contributed by atoms with Crippen LogP contribution >= 0.6 is 0 Å². The van der Waals surface area contributed by atoms with Crippen molar-refractivity contribution in [2.45, 2.75) is 26.4 Å². The zero-order chi connectivity index (χ0) is 18.1. The topological polar surface area (TPSA) is 83.8 Å². The molecule has 7 heteroatoms. The highest BCUT2D eigenvalue weighted by Crippen LogP contribution is 2.27. The Morgan fingerprint density at radius 3 is 2.20 bits per heavy atom. The smallest absolute Gasteiger partial charge is 0.282 e. The van der Waals surface area contributed by atoms with Gasteiger partial charge in [0.15, 0.2) is 0 Å². The molecule has 1 saturated heterocycles. The van der Waals surface area contributed by atoms with Gasteiger partial charge in [0.2, 0.25) is 0 Å². The van der Waals surface area contributed by atoms with Gasteiger partial charge >= 0.3 is 6.03 Å². The zero-order valence-electron chi connectivity index (χ0n) is 13.9. The first kappa shape index (κ1) is 16.6. The summed E-state index contributed by atoms with van der Waals surface area (Å²) in [6.07, 6.45) is 0. The zero-order valence-corrected chi connectivity index (χ0v) is 13.9. The lowest BCUT2D eigenvalue weighted by molar-refractivity contribution is -0.384. The van der Waals surface area contributed by atoms with E-state index in [0.29, 0.717) is 11.3 Å². The summed E-state index contributed by atoms with van der Waals surface area (Å²) >= 11 is 0. The van der Waals surface area contributed by atoms with Gasteiger partial charge in [-0.3, -0.25) is 24.7 Å². The minimum absolute atomic E-state index is 0.0301. The lowest BCUT2D eigenvalue weighted by Crippen LogP contribution is -2.33. The van der Waals surface area contributed by atoms with Gasteiger partial charge in [-0.1, -0.05) is 29.8 Å². The number of non-ortho nitro benzene ring substituents is 1. The third kappa shape index (κ3) is 3.08. The first-order valence-corrected chi connectivity index (χ1v) is 7.83. The summed E-state index contributed by atoms with van der Waals surface area (Å²) in [5, 5.41) is 10.7. The third-order valence-electron chi connectivity index (χ3n) is 4.25. The van der Waals surface area contributed by atoms with Gasteiger partial charge in [0.25, 0.3) is 11.6 Å². The lowest BCUT2D eigenvalue weighted by Gasteiger charge is -2.19. The Bertz CT molecular complexity index is 830. The largest absolute Gasteiger partial charge is 0.332 e. The number of hydrogen-bond donors (Lipinski definition) is 0. The van der Waals surface area contributed by atoms with Gasteiger partial charge in [-0.15, -0.1) is 0 Å². The van der Waals surface area contributed by atoms with E-state index in [1.807, 2.05) is 31.2 Å². The van der Waals surface area contributed by atoms with Crippen molar-refractivity contribution in [1.82, 2.24) is 4.90 Å². The molecule has 3 rings (SSSR count). The van der Waals surface area contributed by atoms with Gasteiger partial charge in [0.05, 0.1) is 11.5 Å². The molecule has 1 atom stereocenters. The van der Waals surface area contributed by atoms with E-state index in [2.05, 4.69) is 0 Å². The fourth-order valence-corrected chi connectivity index (χ4v) is 2.82. The van der Waals surface area contributed by atoms with Crippen LogP contribution in [0.3, 0.4) is 0 Å². The summed E-state index contributed by atoms with van der Waals surface area (Å²) in [7, 11) is 0. The molecular formula is C18H17N3O4. The van der Waals surface area contributed by atoms with Crippen LogP contribution in [-0.4, -0.2) is 27.8 Å². The Labute approximate surface area is 144 Å². The van der Waals surface area contributed by atoms with E-state index in [1.165, 1.54) is 21.9 Å². The maximum atomic E-state index is 12.7. The maximum Gasteiger partial charge on any atom is 0.332 e. The molecule has 25 heavy (non-hydrogen) atoms. The van der Waals surface area contributed by atoms with Crippen LogP contribution in [0.15, 0.2) is 48.5 Å². The van der Waals surface area contributed by atoms with Crippen molar-refractivity contribution in [1.29, 1.82) is 0 Å². The van der Waals surface area contributed by atoms with Crippen LogP contribution in [-0.2, 0) is 11.3 Å². The van der Waals surface area contributed by atoms with E-state index in [4.69, 9.17) is 0 Å². The highest BCUT2D eigenvalue weighted by atomic mass is 16.6. The molecule has 0 aromatic heterocycles. The van der Waals surface area contributed by atoms with Crippen LogP contribution < -0.4 is 4.90 Å². The Kier molecular flexibility index (Phi) is 4.22. The number of urea groups is 1. The van der Waals surface area contributed by atoms with Gasteiger partial charge in [-0.25, -0.2) is 4.79 Å². The minimum Gasteiger partial charge on any atom is -0.282 e. The molecule has 3 amide bonds. The van der Waals surface area contributed by atoms with Crippen molar-refractivity contribution in [2.75, 3.05) is 4.90 Å². The highest BCUT2D eigenvalue weighted by molar-refractivity contribution is 6.13. The molecule has 0 radical (unpaired) electrons. The fraction of sp³-hybridized carbons (Fsp3) is 0.222. The molecule has 0 bridgehead atoms. The standard InChI is InChI=1S/C18H17N3O4/c1-12-3-7-15(8-4-12)20-13(2)17(22)19(18(20)23)11-14-5-9-16(10-6-14)21(24)25/h3-10,13H,11H2,1-2H3/t13-/m1/s1. The number of nitro groups is 1. The van der Waals surface area contributed by atoms with Crippen LogP contribution in [0, 0.1) is 17.0 Å². The molecule has 0 saturated carbocycles. The van der Waals surface area contributed by atoms with Gasteiger partial charge in [-0.05, 0) is 31.5 Å². The number of carbonyl (C=O) groups is 2. The van der Waals surface area contributed by atoms with E-state index in [1.54, 1.807) is 19.1 Å². The van der Waals surface area contributed by atoms with Crippen molar-refractivity contribution in [3.63, 3.8) is 0 Å². The quantitative estimate of drug-likeness (QED) is 0.486. The van der Waals surface area contributed by atoms with Crippen LogP contribution in [0.4, 0.5) is 16.2 Å². The predicted molar refractivity (Wildman–Crippen MR) is 92.2 cm³/mol. The van der Waals surface area contributed by atoms with Crippen molar-refractivity contribution >= 4 is 23.3 Å². The van der Waals surface area contributed by atoms with Gasteiger partial charge in [0.1, 0.15) is 6.04 Å². The van der Waals surface area contributed by atoms with E-state index in [-0.39, 0.29) is 24.2 Å². The van der Waals surface area contributed by atoms with Crippen molar-refractivity contribution < 1.29 is 14.5 Å². The number of imide groups is 1. The highest BCUT2D eigenvalue weighted by Gasteiger charge is 2.43. The first-order valence-electron chi connectivity index (χ1n) is 7.83. The molecule has 7 nitrogen and oxygen atoms in total. The van der Waals surface area contributed by atoms with E-state index in [9.17, 15) is 19.7 Å². The van der Waals surface area contributed by atoms with Crippen LogP contribution in [0.1, 0.15) is 18.1 Å². The molecule has 0 aliphatic carbocycles. The molecule has 1 aliphatic rings. The molecule has 1 fully saturated rings. The van der Waals surface area contributed by atoms with Crippen molar-refractivity contribution in [3.05, 3.63) is 69.8 Å². The number of anilines is 1. The Morgan fingerprint density at radius 1 is 1.04 bits per heavy atom. The number of benzene rings is 2. The first-order chi connectivity index (χ1) is 11.9. The summed E-state index contributed by atoms with van der Waals surface area (Å²) in [5.74, 6) is -0.288. The molecular weight excluding hydrogens is 322 g/mol. The number of nitrogens with zero attached hydrogens (tertiary/aromatic N) is 3. The van der Waals surface area contributed by atoms with Crippen molar-refractivity contribution in [2.24, 2.45) is 0 Å². The monoisotopic (exact) mass is 339 g/mol. The number of hydrogen-bond acceptors (Lipinski definition) is 4. The normalized spacial score (nSPS) is 17.3. The van der Waals surface area contributed by atoms with Gasteiger partial charge in [0, 0.05) is 17.8 Å². The van der Waals surface area contributed by atoms with E-state index in [0.717, 1.165) is 5.56 Å². The second-order valence-corrected chi connectivity index (χ2v) is 6.01. The Morgan fingerprint density at radius 2 is 1.64 bits per heavy atom. The average molecular weight is 339 g/mol. The van der Waals surface area contributed by atoms with Crippen LogP contribution in [0.25, 0.3) is 0 Å². The predicted octanol–water partition coefficient (Wildman–Crippen LogP) is 3.26. The Balaban J connectivity index is 1.82. The Hall–Kier alpha value is -3.22. The minimum atomic E-state index is -0.590. The molecule has 0 spiro atoms. The van der Waals surface area contributed by atoms with E-state index >= 15 is 0 Å². The summed E-state index contributed by atoms with van der Waals surface area (Å²) in [4.78, 5) is 38.1. The molecule has 2 aromatic carbocycles. The average Bonchev–Trinajstić information content (AvgIpc) is 2.80. The lowest BCUT2D eigenvalue weighted by atomic mass is 10.2.